The van der Waals surface area contributed by atoms with Crippen molar-refractivity contribution in [3.63, 3.8) is 0 Å². The van der Waals surface area contributed by atoms with Crippen molar-refractivity contribution in [2.24, 2.45) is 0 Å². The minimum absolute atomic E-state index is 0.203. The van der Waals surface area contributed by atoms with E-state index < -0.39 is 12.5 Å². The minimum atomic E-state index is -1.85. The van der Waals surface area contributed by atoms with E-state index in [9.17, 15) is 8.78 Å². The Morgan fingerprint density at radius 3 is 1.91 bits per heavy atom. The number of rotatable bonds is 17. The number of alkyl halides is 2. The van der Waals surface area contributed by atoms with E-state index in [2.05, 4.69) is 6.92 Å². The lowest BCUT2D eigenvalue weighted by atomic mass is 10.1. The Labute approximate surface area is 135 Å². The number of hydrogen-bond acceptors (Lipinski definition) is 2. The fourth-order valence-corrected chi connectivity index (χ4v) is 2.52. The molecule has 2 nitrogen and oxygen atoms in total. The summed E-state index contributed by atoms with van der Waals surface area (Å²) in [5.74, 6) is -1.85. The SMILES string of the molecule is CCCCCCC(F)(CO)OCCCCCCCCCCF. The smallest absolute Gasteiger partial charge is 0.232 e. The molecule has 0 saturated carbocycles. The molecule has 0 aliphatic carbocycles. The second kappa shape index (κ2) is 15.7. The van der Waals surface area contributed by atoms with Crippen LogP contribution in [0.25, 0.3) is 0 Å². The molecule has 0 radical (unpaired) electrons. The first-order valence-electron chi connectivity index (χ1n) is 9.18. The lowest BCUT2D eigenvalue weighted by Crippen LogP contribution is -2.32. The van der Waals surface area contributed by atoms with Crippen LogP contribution >= 0.6 is 0 Å². The number of halogens is 2. The summed E-state index contributed by atoms with van der Waals surface area (Å²) in [6.45, 7) is 1.75. The summed E-state index contributed by atoms with van der Waals surface area (Å²) in [6.07, 6.45) is 12.3. The van der Waals surface area contributed by atoms with E-state index in [1.165, 1.54) is 0 Å². The summed E-state index contributed by atoms with van der Waals surface area (Å²) in [4.78, 5) is 0. The predicted octanol–water partition coefficient (Wildman–Crippen LogP) is 5.72. The van der Waals surface area contributed by atoms with Gasteiger partial charge in [-0.25, -0.2) is 4.39 Å². The van der Waals surface area contributed by atoms with E-state index in [1.54, 1.807) is 0 Å². The Bertz CT molecular complexity index is 227. The van der Waals surface area contributed by atoms with E-state index >= 15 is 0 Å². The van der Waals surface area contributed by atoms with Gasteiger partial charge in [-0.05, 0) is 19.3 Å². The van der Waals surface area contributed by atoms with Gasteiger partial charge in [-0.3, -0.25) is 4.39 Å². The van der Waals surface area contributed by atoms with Gasteiger partial charge in [-0.1, -0.05) is 64.7 Å². The maximum atomic E-state index is 14.2. The maximum absolute atomic E-state index is 14.2. The van der Waals surface area contributed by atoms with Gasteiger partial charge in [0.05, 0.1) is 13.3 Å². The van der Waals surface area contributed by atoms with Gasteiger partial charge in [-0.15, -0.1) is 0 Å². The summed E-state index contributed by atoms with van der Waals surface area (Å²) in [5, 5.41) is 9.16. The third-order valence-corrected chi connectivity index (χ3v) is 4.03. The van der Waals surface area contributed by atoms with Crippen molar-refractivity contribution in [1.82, 2.24) is 0 Å². The second-order valence-corrected chi connectivity index (χ2v) is 6.22. The monoisotopic (exact) mass is 322 g/mol. The number of aliphatic hydroxyl groups excluding tert-OH is 1. The largest absolute Gasteiger partial charge is 0.390 e. The summed E-state index contributed by atoms with van der Waals surface area (Å²) < 4.78 is 31.3. The van der Waals surface area contributed by atoms with Crippen LogP contribution in [0.3, 0.4) is 0 Å². The van der Waals surface area contributed by atoms with Crippen LogP contribution in [-0.4, -0.2) is 30.8 Å². The third kappa shape index (κ3) is 13.4. The van der Waals surface area contributed by atoms with Crippen molar-refractivity contribution in [2.45, 2.75) is 96.2 Å². The quantitative estimate of drug-likeness (QED) is 0.347. The van der Waals surface area contributed by atoms with Crippen molar-refractivity contribution in [3.05, 3.63) is 0 Å². The fraction of sp³-hybridized carbons (Fsp3) is 1.00. The molecule has 0 aromatic heterocycles. The Kier molecular flexibility index (Phi) is 15.5. The van der Waals surface area contributed by atoms with Gasteiger partial charge >= 0.3 is 0 Å². The molecule has 0 heterocycles. The first-order chi connectivity index (χ1) is 10.7. The van der Waals surface area contributed by atoms with Gasteiger partial charge in [0.2, 0.25) is 5.85 Å². The molecule has 0 amide bonds. The highest BCUT2D eigenvalue weighted by molar-refractivity contribution is 4.66. The molecule has 0 aliphatic heterocycles. The predicted molar refractivity (Wildman–Crippen MR) is 88.5 cm³/mol. The van der Waals surface area contributed by atoms with Crippen LogP contribution in [0.1, 0.15) is 90.4 Å². The first-order valence-corrected chi connectivity index (χ1v) is 9.18. The molecule has 4 heteroatoms. The van der Waals surface area contributed by atoms with Gasteiger partial charge in [0.25, 0.3) is 0 Å². The molecule has 0 saturated heterocycles. The van der Waals surface area contributed by atoms with Crippen molar-refractivity contribution in [3.8, 4) is 0 Å². The summed E-state index contributed by atoms with van der Waals surface area (Å²) >= 11 is 0. The van der Waals surface area contributed by atoms with E-state index in [0.29, 0.717) is 13.0 Å². The molecule has 1 unspecified atom stereocenters. The van der Waals surface area contributed by atoms with Crippen molar-refractivity contribution >= 4 is 0 Å². The number of aliphatic hydroxyl groups is 1. The summed E-state index contributed by atoms with van der Waals surface area (Å²) in [5.41, 5.74) is 0. The van der Waals surface area contributed by atoms with E-state index in [4.69, 9.17) is 9.84 Å². The van der Waals surface area contributed by atoms with Gasteiger partial charge in [-0.2, -0.15) is 0 Å². The molecule has 134 valence electrons. The zero-order valence-corrected chi connectivity index (χ0v) is 14.4. The molecule has 1 atom stereocenters. The minimum Gasteiger partial charge on any atom is -0.390 e. The molecule has 0 rings (SSSR count). The number of unbranched alkanes of at least 4 members (excludes halogenated alkanes) is 10. The van der Waals surface area contributed by atoms with Crippen molar-refractivity contribution in [1.29, 1.82) is 0 Å². The highest BCUT2D eigenvalue weighted by atomic mass is 19.2. The van der Waals surface area contributed by atoms with Gasteiger partial charge < -0.3 is 9.84 Å². The topological polar surface area (TPSA) is 29.5 Å². The van der Waals surface area contributed by atoms with E-state index in [0.717, 1.165) is 70.6 Å². The second-order valence-electron chi connectivity index (χ2n) is 6.22. The molecule has 1 N–H and O–H groups in total. The lowest BCUT2D eigenvalue weighted by Gasteiger charge is -2.23. The fourth-order valence-electron chi connectivity index (χ4n) is 2.52. The molecular weight excluding hydrogens is 286 g/mol. The molecule has 0 aromatic rings. The summed E-state index contributed by atoms with van der Waals surface area (Å²) in [6, 6.07) is 0. The Balaban J connectivity index is 3.45. The van der Waals surface area contributed by atoms with Crippen LogP contribution in [0.5, 0.6) is 0 Å². The zero-order valence-electron chi connectivity index (χ0n) is 14.4. The van der Waals surface area contributed by atoms with E-state index in [-0.39, 0.29) is 13.1 Å². The molecule has 0 aromatic carbocycles. The molecule has 0 spiro atoms. The normalized spacial score (nSPS) is 14.2. The highest BCUT2D eigenvalue weighted by Crippen LogP contribution is 2.22. The van der Waals surface area contributed by atoms with Crippen LogP contribution in [0.4, 0.5) is 8.78 Å². The van der Waals surface area contributed by atoms with Crippen molar-refractivity contribution in [2.75, 3.05) is 19.9 Å². The van der Waals surface area contributed by atoms with E-state index in [1.807, 2.05) is 0 Å². The van der Waals surface area contributed by atoms with Crippen LogP contribution in [0.2, 0.25) is 0 Å². The molecule has 0 aliphatic rings. The van der Waals surface area contributed by atoms with Crippen LogP contribution in [0, 0.1) is 0 Å². The summed E-state index contributed by atoms with van der Waals surface area (Å²) in [7, 11) is 0. The molecular formula is C18H36F2O2. The van der Waals surface area contributed by atoms with Crippen LogP contribution < -0.4 is 0 Å². The third-order valence-electron chi connectivity index (χ3n) is 4.03. The van der Waals surface area contributed by atoms with Gasteiger partial charge in [0, 0.05) is 6.42 Å². The zero-order chi connectivity index (χ0) is 16.5. The average Bonchev–Trinajstić information content (AvgIpc) is 2.53. The lowest BCUT2D eigenvalue weighted by molar-refractivity contribution is -0.176. The Morgan fingerprint density at radius 1 is 0.818 bits per heavy atom. The van der Waals surface area contributed by atoms with Gasteiger partial charge in [0.1, 0.15) is 6.61 Å². The standard InChI is InChI=1S/C18H36F2O2/c1-2-3-4-11-14-18(20,17-21)22-16-13-10-8-6-5-7-9-12-15-19/h21H,2-17H2,1H3. The highest BCUT2D eigenvalue weighted by Gasteiger charge is 2.28. The number of hydrogen-bond donors (Lipinski definition) is 1. The van der Waals surface area contributed by atoms with Gasteiger partial charge in [0.15, 0.2) is 0 Å². The molecule has 22 heavy (non-hydrogen) atoms. The maximum Gasteiger partial charge on any atom is 0.232 e. The Morgan fingerprint density at radius 2 is 1.36 bits per heavy atom. The Hall–Kier alpha value is -0.220. The van der Waals surface area contributed by atoms with Crippen molar-refractivity contribution < 1.29 is 18.6 Å². The van der Waals surface area contributed by atoms with Crippen LogP contribution in [-0.2, 0) is 4.74 Å². The average molecular weight is 322 g/mol. The number of ether oxygens (including phenoxy) is 1. The van der Waals surface area contributed by atoms with Crippen LogP contribution in [0.15, 0.2) is 0 Å². The molecule has 0 fully saturated rings. The first kappa shape index (κ1) is 21.8. The molecule has 0 bridgehead atoms.